The van der Waals surface area contributed by atoms with Crippen LogP contribution in [-0.4, -0.2) is 41.6 Å². The summed E-state index contributed by atoms with van der Waals surface area (Å²) in [6.45, 7) is 1.57. The Labute approximate surface area is 146 Å². The maximum Gasteiger partial charge on any atom is 0.137 e. The zero-order valence-electron chi connectivity index (χ0n) is 13.9. The van der Waals surface area contributed by atoms with Gasteiger partial charge >= 0.3 is 0 Å². The Bertz CT molecular complexity index is 769. The van der Waals surface area contributed by atoms with E-state index < -0.39 is 0 Å². The maximum absolute atomic E-state index is 10.3. The fourth-order valence-corrected chi connectivity index (χ4v) is 3.48. The minimum absolute atomic E-state index is 0.119. The van der Waals surface area contributed by atoms with Crippen LogP contribution >= 0.6 is 0 Å². The van der Waals surface area contributed by atoms with Crippen molar-refractivity contribution in [3.8, 4) is 5.82 Å². The summed E-state index contributed by atoms with van der Waals surface area (Å²) in [7, 11) is 0. The second-order valence-electron chi connectivity index (χ2n) is 6.61. The van der Waals surface area contributed by atoms with E-state index in [4.69, 9.17) is 0 Å². The largest absolute Gasteiger partial charge is 0.391 e. The third kappa shape index (κ3) is 3.78. The molecule has 7 nitrogen and oxygen atoms in total. The molecule has 0 bridgehead atoms. The Kier molecular flexibility index (Phi) is 4.58. The Hall–Kier alpha value is -2.51. The van der Waals surface area contributed by atoms with E-state index in [-0.39, 0.29) is 12.1 Å². The van der Waals surface area contributed by atoms with Crippen molar-refractivity contribution in [3.05, 3.63) is 61.1 Å². The number of rotatable bonds is 6. The highest BCUT2D eigenvalue weighted by atomic mass is 16.3. The van der Waals surface area contributed by atoms with E-state index in [9.17, 15) is 5.11 Å². The molecule has 0 radical (unpaired) electrons. The lowest BCUT2D eigenvalue weighted by atomic mass is 10.1. The van der Waals surface area contributed by atoms with Gasteiger partial charge in [0.1, 0.15) is 12.1 Å². The van der Waals surface area contributed by atoms with Gasteiger partial charge < -0.3 is 10.4 Å². The summed E-state index contributed by atoms with van der Waals surface area (Å²) in [4.78, 5) is 8.49. The average molecular weight is 338 g/mol. The van der Waals surface area contributed by atoms with Crippen molar-refractivity contribution in [3.63, 3.8) is 0 Å². The molecule has 1 saturated carbocycles. The second kappa shape index (κ2) is 7.16. The number of nitrogens with one attached hydrogen (secondary N) is 1. The van der Waals surface area contributed by atoms with Gasteiger partial charge in [-0.25, -0.2) is 9.97 Å². The fraction of sp³-hybridized carbons (Fsp3) is 0.389. The summed E-state index contributed by atoms with van der Waals surface area (Å²) in [5.74, 6) is 1.30. The molecule has 1 fully saturated rings. The molecule has 0 spiro atoms. The number of nitrogens with zero attached hydrogens (tertiary/aromatic N) is 5. The summed E-state index contributed by atoms with van der Waals surface area (Å²) in [5.41, 5.74) is 1.10. The summed E-state index contributed by atoms with van der Waals surface area (Å²) in [6.07, 6.45) is 12.4. The molecular formula is C18H22N6O. The third-order valence-electron chi connectivity index (χ3n) is 4.78. The van der Waals surface area contributed by atoms with Gasteiger partial charge in [-0.05, 0) is 36.5 Å². The van der Waals surface area contributed by atoms with Crippen LogP contribution in [0.15, 0.2) is 55.5 Å². The SMILES string of the molecule is O[C@@H]1CC(Cn2cccn2)C[C@H]1NCc1ccc(-n2ccnc2)nc1. The Balaban J connectivity index is 1.30. The molecule has 2 N–H and O–H groups in total. The van der Waals surface area contributed by atoms with Crippen molar-refractivity contribution < 1.29 is 5.11 Å². The first kappa shape index (κ1) is 16.0. The van der Waals surface area contributed by atoms with Gasteiger partial charge in [-0.3, -0.25) is 9.25 Å². The third-order valence-corrected chi connectivity index (χ3v) is 4.78. The molecule has 0 amide bonds. The lowest BCUT2D eigenvalue weighted by Crippen LogP contribution is -2.35. The van der Waals surface area contributed by atoms with Gasteiger partial charge in [0.05, 0.1) is 6.10 Å². The van der Waals surface area contributed by atoms with E-state index >= 15 is 0 Å². The van der Waals surface area contributed by atoms with Crippen molar-refractivity contribution in [2.75, 3.05) is 0 Å². The van der Waals surface area contributed by atoms with Crippen LogP contribution in [0.1, 0.15) is 18.4 Å². The summed E-state index contributed by atoms with van der Waals surface area (Å²) in [5, 5.41) is 18.0. The van der Waals surface area contributed by atoms with Crippen LogP contribution in [0.3, 0.4) is 0 Å². The standard InChI is InChI=1S/C18H22N6O/c25-17-9-15(12-24-6-1-4-22-24)8-16(17)20-10-14-2-3-18(21-11-14)23-7-5-19-13-23/h1-7,11,13,15-17,20,25H,8-10,12H2/t15?,16-,17-/m1/s1. The molecular weight excluding hydrogens is 316 g/mol. The predicted octanol–water partition coefficient (Wildman–Crippen LogP) is 1.39. The maximum atomic E-state index is 10.3. The number of imidazole rings is 1. The van der Waals surface area contributed by atoms with E-state index in [1.54, 1.807) is 18.7 Å². The van der Waals surface area contributed by atoms with Gasteiger partial charge in [0.15, 0.2) is 0 Å². The zero-order valence-corrected chi connectivity index (χ0v) is 13.9. The fourth-order valence-electron chi connectivity index (χ4n) is 3.48. The molecule has 1 aliphatic rings. The van der Waals surface area contributed by atoms with Crippen LogP contribution in [0.5, 0.6) is 0 Å². The molecule has 0 aromatic carbocycles. The van der Waals surface area contributed by atoms with Crippen molar-refractivity contribution in [2.24, 2.45) is 5.92 Å². The van der Waals surface area contributed by atoms with Crippen LogP contribution < -0.4 is 5.32 Å². The van der Waals surface area contributed by atoms with E-state index in [1.807, 2.05) is 40.0 Å². The summed E-state index contributed by atoms with van der Waals surface area (Å²) in [6, 6.07) is 6.08. The monoisotopic (exact) mass is 338 g/mol. The molecule has 3 aromatic heterocycles. The van der Waals surface area contributed by atoms with Gasteiger partial charge in [0, 0.05) is 50.1 Å². The first-order valence-electron chi connectivity index (χ1n) is 8.60. The summed E-state index contributed by atoms with van der Waals surface area (Å²) >= 11 is 0. The molecule has 7 heteroatoms. The van der Waals surface area contributed by atoms with Crippen LogP contribution in [0, 0.1) is 5.92 Å². The smallest absolute Gasteiger partial charge is 0.137 e. The molecule has 3 heterocycles. The number of aliphatic hydroxyl groups is 1. The van der Waals surface area contributed by atoms with Crippen LogP contribution in [0.25, 0.3) is 5.82 Å². The lowest BCUT2D eigenvalue weighted by Gasteiger charge is -2.16. The average Bonchev–Trinajstić information content (AvgIpc) is 3.37. The van der Waals surface area contributed by atoms with E-state index in [1.165, 1.54) is 0 Å². The number of aliphatic hydroxyl groups excluding tert-OH is 1. The first-order chi connectivity index (χ1) is 12.3. The Morgan fingerprint density at radius 1 is 1.20 bits per heavy atom. The van der Waals surface area contributed by atoms with Crippen LogP contribution in [0.4, 0.5) is 0 Å². The minimum atomic E-state index is -0.307. The van der Waals surface area contributed by atoms with E-state index in [2.05, 4.69) is 26.4 Å². The topological polar surface area (TPSA) is 80.8 Å². The highest BCUT2D eigenvalue weighted by Gasteiger charge is 2.32. The highest BCUT2D eigenvalue weighted by molar-refractivity contribution is 5.25. The highest BCUT2D eigenvalue weighted by Crippen LogP contribution is 2.27. The van der Waals surface area contributed by atoms with Crippen LogP contribution in [-0.2, 0) is 13.1 Å². The summed E-state index contributed by atoms with van der Waals surface area (Å²) < 4.78 is 3.82. The predicted molar refractivity (Wildman–Crippen MR) is 92.9 cm³/mol. The van der Waals surface area contributed by atoms with Gasteiger partial charge in [-0.1, -0.05) is 6.07 Å². The van der Waals surface area contributed by atoms with Crippen LogP contribution in [0.2, 0.25) is 0 Å². The van der Waals surface area contributed by atoms with Crippen molar-refractivity contribution in [2.45, 2.75) is 38.1 Å². The van der Waals surface area contributed by atoms with E-state index in [0.717, 1.165) is 30.8 Å². The van der Waals surface area contributed by atoms with Crippen molar-refractivity contribution in [1.82, 2.24) is 29.6 Å². The number of hydrogen-bond acceptors (Lipinski definition) is 5. The normalized spacial score (nSPS) is 23.2. The molecule has 130 valence electrons. The van der Waals surface area contributed by atoms with E-state index in [0.29, 0.717) is 12.5 Å². The zero-order chi connectivity index (χ0) is 17.1. The van der Waals surface area contributed by atoms with Crippen molar-refractivity contribution in [1.29, 1.82) is 0 Å². The number of aromatic nitrogens is 5. The molecule has 1 unspecified atom stereocenters. The number of pyridine rings is 1. The second-order valence-corrected chi connectivity index (χ2v) is 6.61. The number of hydrogen-bond donors (Lipinski definition) is 2. The molecule has 0 aliphatic heterocycles. The van der Waals surface area contributed by atoms with Crippen molar-refractivity contribution >= 4 is 0 Å². The first-order valence-corrected chi connectivity index (χ1v) is 8.60. The molecule has 25 heavy (non-hydrogen) atoms. The minimum Gasteiger partial charge on any atom is -0.391 e. The molecule has 1 aliphatic carbocycles. The Morgan fingerprint density at radius 3 is 2.88 bits per heavy atom. The van der Waals surface area contributed by atoms with Gasteiger partial charge in [0.25, 0.3) is 0 Å². The Morgan fingerprint density at radius 2 is 2.16 bits per heavy atom. The van der Waals surface area contributed by atoms with Gasteiger partial charge in [-0.15, -0.1) is 0 Å². The molecule has 3 aromatic rings. The molecule has 3 atom stereocenters. The van der Waals surface area contributed by atoms with Gasteiger partial charge in [-0.2, -0.15) is 5.10 Å². The quantitative estimate of drug-likeness (QED) is 0.710. The molecule has 4 rings (SSSR count). The lowest BCUT2D eigenvalue weighted by molar-refractivity contribution is 0.145. The van der Waals surface area contributed by atoms with Gasteiger partial charge in [0.2, 0.25) is 0 Å². The molecule has 0 saturated heterocycles.